The van der Waals surface area contributed by atoms with Crippen LogP contribution in [-0.2, 0) is 10.0 Å². The predicted octanol–water partition coefficient (Wildman–Crippen LogP) is 1.94. The van der Waals surface area contributed by atoms with E-state index in [-0.39, 0.29) is 22.0 Å². The summed E-state index contributed by atoms with van der Waals surface area (Å²) in [4.78, 5) is -0.166. The summed E-state index contributed by atoms with van der Waals surface area (Å²) in [5.41, 5.74) is 5.82. The van der Waals surface area contributed by atoms with Crippen molar-refractivity contribution in [3.05, 3.63) is 48.0 Å². The molecule has 0 spiro atoms. The van der Waals surface area contributed by atoms with Crippen LogP contribution >= 0.6 is 0 Å². The van der Waals surface area contributed by atoms with E-state index in [0.717, 1.165) is 12.1 Å². The molecule has 0 amide bonds. The second-order valence-corrected chi connectivity index (χ2v) is 5.58. The highest BCUT2D eigenvalue weighted by Crippen LogP contribution is 2.27. The predicted molar refractivity (Wildman–Crippen MR) is 71.9 cm³/mol. The molecule has 0 atom stereocenters. The average molecular weight is 299 g/mol. The second-order valence-electron chi connectivity index (χ2n) is 4.02. The van der Waals surface area contributed by atoms with Crippen LogP contribution in [0.15, 0.2) is 41.3 Å². The molecule has 0 radical (unpaired) electrons. The quantitative estimate of drug-likeness (QED) is 0.754. The second kappa shape index (κ2) is 5.06. The van der Waals surface area contributed by atoms with Crippen LogP contribution in [0.3, 0.4) is 0 Å². The first kappa shape index (κ1) is 14.2. The molecule has 0 bridgehead atoms. The Balaban J connectivity index is 2.38. The van der Waals surface area contributed by atoms with Crippen LogP contribution < -0.4 is 16.2 Å². The van der Waals surface area contributed by atoms with Crippen molar-refractivity contribution in [2.75, 3.05) is 11.1 Å². The van der Waals surface area contributed by atoms with Crippen LogP contribution in [-0.4, -0.2) is 8.42 Å². The minimum absolute atomic E-state index is 0.0418. The highest BCUT2D eigenvalue weighted by molar-refractivity contribution is 7.89. The number of rotatable bonds is 3. The Morgan fingerprint density at radius 2 is 1.75 bits per heavy atom. The molecular formula is C12H11F2N3O2S. The van der Waals surface area contributed by atoms with E-state index in [4.69, 9.17) is 10.9 Å². The van der Waals surface area contributed by atoms with Crippen LogP contribution in [0.5, 0.6) is 0 Å². The Bertz CT molecular complexity index is 763. The fourth-order valence-corrected chi connectivity index (χ4v) is 2.13. The Hall–Kier alpha value is -2.19. The standard InChI is InChI=1S/C12H11F2N3O2S/c13-8-2-1-3-11(12(8)14)17-10-5-4-7(6-9(10)15)20(16,18)19/h1-6,17H,15H2,(H2,16,18,19). The number of halogens is 2. The molecule has 2 aromatic rings. The van der Waals surface area contributed by atoms with Gasteiger partial charge in [-0.25, -0.2) is 22.3 Å². The number of nitrogen functional groups attached to an aromatic ring is 1. The fourth-order valence-electron chi connectivity index (χ4n) is 1.58. The Morgan fingerprint density at radius 1 is 1.05 bits per heavy atom. The molecule has 8 heteroatoms. The fraction of sp³-hybridized carbons (Fsp3) is 0. The van der Waals surface area contributed by atoms with Crippen LogP contribution in [0.1, 0.15) is 0 Å². The van der Waals surface area contributed by atoms with E-state index >= 15 is 0 Å². The van der Waals surface area contributed by atoms with E-state index in [0.29, 0.717) is 0 Å². The van der Waals surface area contributed by atoms with Gasteiger partial charge in [0.1, 0.15) is 0 Å². The highest BCUT2D eigenvalue weighted by Gasteiger charge is 2.12. The summed E-state index contributed by atoms with van der Waals surface area (Å²) in [6.45, 7) is 0. The molecule has 0 fully saturated rings. The van der Waals surface area contributed by atoms with Gasteiger partial charge in [-0.15, -0.1) is 0 Å². The molecule has 0 aliphatic rings. The zero-order valence-electron chi connectivity index (χ0n) is 10.1. The molecule has 0 saturated carbocycles. The van der Waals surface area contributed by atoms with Crippen LogP contribution in [0, 0.1) is 11.6 Å². The molecular weight excluding hydrogens is 288 g/mol. The van der Waals surface area contributed by atoms with E-state index in [1.807, 2.05) is 0 Å². The number of hydrogen-bond acceptors (Lipinski definition) is 4. The average Bonchev–Trinajstić information content (AvgIpc) is 2.36. The van der Waals surface area contributed by atoms with Gasteiger partial charge in [-0.2, -0.15) is 0 Å². The third-order valence-electron chi connectivity index (χ3n) is 2.57. The van der Waals surface area contributed by atoms with E-state index in [9.17, 15) is 17.2 Å². The zero-order chi connectivity index (χ0) is 14.9. The first-order valence-corrected chi connectivity index (χ1v) is 6.97. The Kier molecular flexibility index (Phi) is 3.60. The number of sulfonamides is 1. The lowest BCUT2D eigenvalue weighted by molar-refractivity contribution is 0.512. The molecule has 0 heterocycles. The lowest BCUT2D eigenvalue weighted by atomic mass is 10.2. The number of anilines is 3. The normalized spacial score (nSPS) is 11.3. The van der Waals surface area contributed by atoms with Gasteiger partial charge in [0, 0.05) is 0 Å². The van der Waals surface area contributed by atoms with Gasteiger partial charge in [-0.1, -0.05) is 6.07 Å². The topological polar surface area (TPSA) is 98.2 Å². The van der Waals surface area contributed by atoms with Gasteiger partial charge in [0.25, 0.3) is 0 Å². The molecule has 0 saturated heterocycles. The van der Waals surface area contributed by atoms with Crippen LogP contribution in [0.2, 0.25) is 0 Å². The lowest BCUT2D eigenvalue weighted by Crippen LogP contribution is -2.12. The van der Waals surface area contributed by atoms with Gasteiger partial charge in [0.05, 0.1) is 22.0 Å². The molecule has 2 aromatic carbocycles. The maximum absolute atomic E-state index is 13.5. The van der Waals surface area contributed by atoms with Crippen LogP contribution in [0.25, 0.3) is 0 Å². The largest absolute Gasteiger partial charge is 0.397 e. The van der Waals surface area contributed by atoms with Crippen molar-refractivity contribution in [2.24, 2.45) is 5.14 Å². The number of hydrogen-bond donors (Lipinski definition) is 3. The summed E-state index contributed by atoms with van der Waals surface area (Å²) in [5, 5.41) is 7.54. The van der Waals surface area contributed by atoms with E-state index < -0.39 is 21.7 Å². The van der Waals surface area contributed by atoms with Gasteiger partial charge in [-0.05, 0) is 30.3 Å². The number of primary sulfonamides is 1. The third kappa shape index (κ3) is 2.86. The van der Waals surface area contributed by atoms with Crippen LogP contribution in [0.4, 0.5) is 25.8 Å². The molecule has 0 aliphatic carbocycles. The molecule has 0 aromatic heterocycles. The van der Waals surface area contributed by atoms with Crippen molar-refractivity contribution in [2.45, 2.75) is 4.90 Å². The van der Waals surface area contributed by atoms with Gasteiger partial charge < -0.3 is 11.1 Å². The lowest BCUT2D eigenvalue weighted by Gasteiger charge is -2.11. The molecule has 2 rings (SSSR count). The minimum Gasteiger partial charge on any atom is -0.397 e. The van der Waals surface area contributed by atoms with Gasteiger partial charge in [-0.3, -0.25) is 0 Å². The van der Waals surface area contributed by atoms with E-state index in [1.165, 1.54) is 24.3 Å². The molecule has 0 unspecified atom stereocenters. The smallest absolute Gasteiger partial charge is 0.238 e. The van der Waals surface area contributed by atoms with E-state index in [1.54, 1.807) is 0 Å². The molecule has 5 nitrogen and oxygen atoms in total. The zero-order valence-corrected chi connectivity index (χ0v) is 10.9. The SMILES string of the molecule is Nc1cc(S(N)(=O)=O)ccc1Nc1cccc(F)c1F. The summed E-state index contributed by atoms with van der Waals surface area (Å²) in [6, 6.07) is 7.30. The Morgan fingerprint density at radius 3 is 2.35 bits per heavy atom. The third-order valence-corrected chi connectivity index (χ3v) is 3.48. The monoisotopic (exact) mass is 299 g/mol. The molecule has 106 valence electrons. The van der Waals surface area contributed by atoms with Gasteiger partial charge >= 0.3 is 0 Å². The summed E-state index contributed by atoms with van der Waals surface area (Å²) in [7, 11) is -3.87. The van der Waals surface area contributed by atoms with E-state index in [2.05, 4.69) is 5.32 Å². The molecule has 5 N–H and O–H groups in total. The number of nitrogens with one attached hydrogen (secondary N) is 1. The summed E-state index contributed by atoms with van der Waals surface area (Å²) in [6.07, 6.45) is 0. The van der Waals surface area contributed by atoms with Crippen molar-refractivity contribution in [3.8, 4) is 0 Å². The maximum atomic E-state index is 13.5. The summed E-state index contributed by atoms with van der Waals surface area (Å²) in [5.74, 6) is -2.06. The summed E-state index contributed by atoms with van der Waals surface area (Å²) >= 11 is 0. The van der Waals surface area contributed by atoms with Crippen molar-refractivity contribution < 1.29 is 17.2 Å². The number of nitrogens with two attached hydrogens (primary N) is 2. The van der Waals surface area contributed by atoms with Crippen molar-refractivity contribution in [3.63, 3.8) is 0 Å². The number of benzene rings is 2. The molecule has 0 aliphatic heterocycles. The van der Waals surface area contributed by atoms with Gasteiger partial charge in [0.2, 0.25) is 10.0 Å². The van der Waals surface area contributed by atoms with Gasteiger partial charge in [0.15, 0.2) is 11.6 Å². The highest BCUT2D eigenvalue weighted by atomic mass is 32.2. The minimum atomic E-state index is -3.87. The Labute approximate surface area is 114 Å². The maximum Gasteiger partial charge on any atom is 0.238 e. The first-order chi connectivity index (χ1) is 9.29. The van der Waals surface area contributed by atoms with Crippen molar-refractivity contribution >= 4 is 27.1 Å². The first-order valence-electron chi connectivity index (χ1n) is 5.42. The molecule has 20 heavy (non-hydrogen) atoms. The van der Waals surface area contributed by atoms with Crippen molar-refractivity contribution in [1.82, 2.24) is 0 Å². The van der Waals surface area contributed by atoms with Crippen molar-refractivity contribution in [1.29, 1.82) is 0 Å². The summed E-state index contributed by atoms with van der Waals surface area (Å²) < 4.78 is 48.8.